The second-order valence-electron chi connectivity index (χ2n) is 4.55. The van der Waals surface area contributed by atoms with Crippen LogP contribution in [0.3, 0.4) is 0 Å². The molecule has 2 rings (SSSR count). The normalized spacial score (nSPS) is 21.8. The summed E-state index contributed by atoms with van der Waals surface area (Å²) in [6, 6.07) is 4.06. The smallest absolute Gasteiger partial charge is 0.228 e. The van der Waals surface area contributed by atoms with Crippen LogP contribution >= 0.6 is 0 Å². The highest BCUT2D eigenvalue weighted by Crippen LogP contribution is 2.22. The predicted octanol–water partition coefficient (Wildman–Crippen LogP) is 1.51. The third-order valence-electron chi connectivity index (χ3n) is 3.05. The fourth-order valence-electron chi connectivity index (χ4n) is 2.00. The van der Waals surface area contributed by atoms with Crippen LogP contribution in [0.25, 0.3) is 0 Å². The molecule has 0 radical (unpaired) electrons. The number of nitrogens with one attached hydrogen (secondary N) is 1. The third kappa shape index (κ3) is 2.87. The molecule has 6 heteroatoms. The number of halogens is 1. The third-order valence-corrected chi connectivity index (χ3v) is 4.82. The number of anilines is 1. The Morgan fingerprint density at radius 1 is 1.44 bits per heavy atom. The standard InChI is InChI=1S/C12H14FNO3S/c1-8-6-10(13)2-3-11(8)14-12(15)9-4-5-18(16,17)7-9/h2-3,6,9H,4-5,7H2,1H3,(H,14,15)/t9-/m1/s1. The van der Waals surface area contributed by atoms with E-state index in [1.807, 2.05) is 0 Å². The van der Waals surface area contributed by atoms with Gasteiger partial charge in [0.1, 0.15) is 5.82 Å². The van der Waals surface area contributed by atoms with Gasteiger partial charge in [-0.3, -0.25) is 4.79 Å². The molecule has 0 aromatic heterocycles. The fourth-order valence-corrected chi connectivity index (χ4v) is 3.75. The van der Waals surface area contributed by atoms with E-state index in [-0.39, 0.29) is 23.2 Å². The minimum absolute atomic E-state index is 0.0630. The van der Waals surface area contributed by atoms with E-state index in [9.17, 15) is 17.6 Å². The van der Waals surface area contributed by atoms with Crippen molar-refractivity contribution in [1.29, 1.82) is 0 Å². The molecule has 1 aromatic rings. The summed E-state index contributed by atoms with van der Waals surface area (Å²) < 4.78 is 35.5. The molecule has 4 nitrogen and oxygen atoms in total. The number of aryl methyl sites for hydroxylation is 1. The SMILES string of the molecule is Cc1cc(F)ccc1NC(=O)[C@@H]1CCS(=O)(=O)C1. The number of amides is 1. The lowest BCUT2D eigenvalue weighted by molar-refractivity contribution is -0.119. The van der Waals surface area contributed by atoms with Crippen LogP contribution in [-0.2, 0) is 14.6 Å². The summed E-state index contributed by atoms with van der Waals surface area (Å²) in [5, 5.41) is 2.65. The van der Waals surface area contributed by atoms with Crippen molar-refractivity contribution in [2.75, 3.05) is 16.8 Å². The molecule has 98 valence electrons. The van der Waals surface area contributed by atoms with Crippen molar-refractivity contribution >= 4 is 21.4 Å². The number of hydrogen-bond acceptors (Lipinski definition) is 3. The zero-order chi connectivity index (χ0) is 13.3. The number of carbonyl (C=O) groups is 1. The molecule has 0 unspecified atom stereocenters. The van der Waals surface area contributed by atoms with Gasteiger partial charge >= 0.3 is 0 Å². The molecule has 0 spiro atoms. The molecule has 1 saturated heterocycles. The Balaban J connectivity index is 2.08. The van der Waals surface area contributed by atoms with Crippen molar-refractivity contribution in [3.05, 3.63) is 29.6 Å². The maximum absolute atomic E-state index is 12.9. The van der Waals surface area contributed by atoms with E-state index in [0.29, 0.717) is 17.7 Å². The van der Waals surface area contributed by atoms with Crippen molar-refractivity contribution in [3.63, 3.8) is 0 Å². The van der Waals surface area contributed by atoms with Gasteiger partial charge in [-0.1, -0.05) is 0 Å². The van der Waals surface area contributed by atoms with Crippen molar-refractivity contribution in [2.45, 2.75) is 13.3 Å². The minimum Gasteiger partial charge on any atom is -0.326 e. The van der Waals surface area contributed by atoms with E-state index in [0.717, 1.165) is 0 Å². The average molecular weight is 271 g/mol. The first kappa shape index (κ1) is 13.0. The van der Waals surface area contributed by atoms with Gasteiger partial charge in [-0.05, 0) is 37.1 Å². The molecule has 1 heterocycles. The van der Waals surface area contributed by atoms with Crippen LogP contribution in [0.2, 0.25) is 0 Å². The summed E-state index contributed by atoms with van der Waals surface area (Å²) in [6.45, 7) is 1.68. The molecule has 1 atom stereocenters. The van der Waals surface area contributed by atoms with Gasteiger partial charge in [0.2, 0.25) is 5.91 Å². The molecule has 18 heavy (non-hydrogen) atoms. The molecular formula is C12H14FNO3S. The van der Waals surface area contributed by atoms with Crippen LogP contribution in [0.5, 0.6) is 0 Å². The van der Waals surface area contributed by atoms with Crippen molar-refractivity contribution in [1.82, 2.24) is 0 Å². The van der Waals surface area contributed by atoms with Gasteiger partial charge < -0.3 is 5.32 Å². The van der Waals surface area contributed by atoms with Gasteiger partial charge in [-0.25, -0.2) is 12.8 Å². The first-order valence-corrected chi connectivity index (χ1v) is 7.47. The Hall–Kier alpha value is -1.43. The largest absolute Gasteiger partial charge is 0.326 e. The zero-order valence-electron chi connectivity index (χ0n) is 9.94. The second-order valence-corrected chi connectivity index (χ2v) is 6.78. The van der Waals surface area contributed by atoms with Crippen LogP contribution in [0.1, 0.15) is 12.0 Å². The Labute approximate surface area is 105 Å². The Kier molecular flexibility index (Phi) is 3.38. The van der Waals surface area contributed by atoms with E-state index < -0.39 is 15.8 Å². The van der Waals surface area contributed by atoms with E-state index >= 15 is 0 Å². The number of sulfone groups is 1. The summed E-state index contributed by atoms with van der Waals surface area (Å²) in [6.07, 6.45) is 0.356. The molecule has 1 N–H and O–H groups in total. The Morgan fingerprint density at radius 2 is 2.17 bits per heavy atom. The Bertz CT molecular complexity index is 583. The highest BCUT2D eigenvalue weighted by atomic mass is 32.2. The van der Waals surface area contributed by atoms with E-state index in [1.165, 1.54) is 18.2 Å². The molecule has 1 fully saturated rings. The van der Waals surface area contributed by atoms with E-state index in [1.54, 1.807) is 6.92 Å². The Morgan fingerprint density at radius 3 is 2.72 bits per heavy atom. The zero-order valence-corrected chi connectivity index (χ0v) is 10.8. The fraction of sp³-hybridized carbons (Fsp3) is 0.417. The van der Waals surface area contributed by atoms with Crippen LogP contribution < -0.4 is 5.32 Å². The quantitative estimate of drug-likeness (QED) is 0.886. The first-order valence-electron chi connectivity index (χ1n) is 5.65. The van der Waals surface area contributed by atoms with Gasteiger partial charge in [0.15, 0.2) is 9.84 Å². The number of carbonyl (C=O) groups excluding carboxylic acids is 1. The topological polar surface area (TPSA) is 63.2 Å². The summed E-state index contributed by atoms with van der Waals surface area (Å²) >= 11 is 0. The summed E-state index contributed by atoms with van der Waals surface area (Å²) in [5.41, 5.74) is 1.13. The number of rotatable bonds is 2. The van der Waals surface area contributed by atoms with Crippen LogP contribution in [0.15, 0.2) is 18.2 Å². The van der Waals surface area contributed by atoms with Crippen LogP contribution in [0.4, 0.5) is 10.1 Å². The molecule has 1 aliphatic heterocycles. The van der Waals surface area contributed by atoms with Gasteiger partial charge in [0.05, 0.1) is 17.4 Å². The molecular weight excluding hydrogens is 257 g/mol. The number of hydrogen-bond donors (Lipinski definition) is 1. The monoisotopic (exact) mass is 271 g/mol. The lowest BCUT2D eigenvalue weighted by Gasteiger charge is -2.11. The van der Waals surface area contributed by atoms with Gasteiger partial charge in [-0.15, -0.1) is 0 Å². The molecule has 1 aliphatic rings. The highest BCUT2D eigenvalue weighted by Gasteiger charge is 2.33. The molecule has 0 aliphatic carbocycles. The minimum atomic E-state index is -3.07. The van der Waals surface area contributed by atoms with E-state index in [2.05, 4.69) is 5.32 Å². The molecule has 0 saturated carbocycles. The van der Waals surface area contributed by atoms with Gasteiger partial charge in [0.25, 0.3) is 0 Å². The lowest BCUT2D eigenvalue weighted by Crippen LogP contribution is -2.24. The molecule has 0 bridgehead atoms. The maximum atomic E-state index is 12.9. The maximum Gasteiger partial charge on any atom is 0.228 e. The van der Waals surface area contributed by atoms with Crippen molar-refractivity contribution in [2.24, 2.45) is 5.92 Å². The lowest BCUT2D eigenvalue weighted by atomic mass is 10.1. The number of benzene rings is 1. The van der Waals surface area contributed by atoms with E-state index in [4.69, 9.17) is 0 Å². The van der Waals surface area contributed by atoms with Crippen molar-refractivity contribution < 1.29 is 17.6 Å². The van der Waals surface area contributed by atoms with Crippen molar-refractivity contribution in [3.8, 4) is 0 Å². The molecule has 1 amide bonds. The first-order chi connectivity index (χ1) is 8.37. The van der Waals surface area contributed by atoms with Gasteiger partial charge in [-0.2, -0.15) is 0 Å². The molecule has 1 aromatic carbocycles. The van der Waals surface area contributed by atoms with Crippen LogP contribution in [0, 0.1) is 18.7 Å². The predicted molar refractivity (Wildman–Crippen MR) is 66.5 cm³/mol. The van der Waals surface area contributed by atoms with Gasteiger partial charge in [0, 0.05) is 5.69 Å². The summed E-state index contributed by atoms with van der Waals surface area (Å²) in [7, 11) is -3.07. The highest BCUT2D eigenvalue weighted by molar-refractivity contribution is 7.91. The summed E-state index contributed by atoms with van der Waals surface area (Å²) in [5.74, 6) is -1.22. The average Bonchev–Trinajstić information content (AvgIpc) is 2.63. The van der Waals surface area contributed by atoms with Crippen LogP contribution in [-0.4, -0.2) is 25.8 Å². The second kappa shape index (κ2) is 4.68. The summed E-state index contributed by atoms with van der Waals surface area (Å²) in [4.78, 5) is 11.9.